The first kappa shape index (κ1) is 32.0. The van der Waals surface area contributed by atoms with Crippen LogP contribution in [-0.2, 0) is 5.41 Å². The molecule has 39 heavy (non-hydrogen) atoms. The zero-order valence-corrected chi connectivity index (χ0v) is 26.5. The second-order valence-corrected chi connectivity index (χ2v) is 13.0. The van der Waals surface area contributed by atoms with Crippen molar-refractivity contribution in [2.24, 2.45) is 0 Å². The van der Waals surface area contributed by atoms with Crippen LogP contribution in [0.1, 0.15) is 177 Å². The highest BCUT2D eigenvalue weighted by atomic mass is 14.4. The van der Waals surface area contributed by atoms with Gasteiger partial charge in [0.2, 0.25) is 0 Å². The summed E-state index contributed by atoms with van der Waals surface area (Å²) in [6.45, 7) is 9.21. The van der Waals surface area contributed by atoms with Crippen LogP contribution in [0, 0.1) is 13.8 Å². The number of hydrogen-bond acceptors (Lipinski definition) is 0. The van der Waals surface area contributed by atoms with Crippen molar-refractivity contribution in [2.75, 3.05) is 0 Å². The summed E-state index contributed by atoms with van der Waals surface area (Å²) < 4.78 is 0. The third-order valence-electron chi connectivity index (χ3n) is 9.59. The van der Waals surface area contributed by atoms with Gasteiger partial charge in [0, 0.05) is 5.41 Å². The highest BCUT2D eigenvalue weighted by molar-refractivity contribution is 5.81. The fraction of sp³-hybridized carbons (Fsp3) is 0.692. The van der Waals surface area contributed by atoms with Gasteiger partial charge in [0.05, 0.1) is 0 Å². The van der Waals surface area contributed by atoms with E-state index in [1.165, 1.54) is 164 Å². The minimum Gasteiger partial charge on any atom is -0.0654 e. The molecule has 0 spiro atoms. The molecule has 0 fully saturated rings. The maximum absolute atomic E-state index is 2.55. The van der Waals surface area contributed by atoms with Crippen LogP contribution in [0.25, 0.3) is 11.1 Å². The summed E-state index contributed by atoms with van der Waals surface area (Å²) in [6, 6.07) is 14.6. The van der Waals surface area contributed by atoms with Crippen LogP contribution in [-0.4, -0.2) is 0 Å². The van der Waals surface area contributed by atoms with E-state index in [9.17, 15) is 0 Å². The first-order valence-electron chi connectivity index (χ1n) is 17.3. The van der Waals surface area contributed by atoms with E-state index in [1.807, 2.05) is 0 Å². The summed E-state index contributed by atoms with van der Waals surface area (Å²) in [4.78, 5) is 0. The van der Waals surface area contributed by atoms with Crippen LogP contribution in [0.5, 0.6) is 0 Å². The van der Waals surface area contributed by atoms with Gasteiger partial charge in [0.25, 0.3) is 0 Å². The molecule has 0 heterocycles. The highest BCUT2D eigenvalue weighted by Gasteiger charge is 2.42. The fourth-order valence-corrected chi connectivity index (χ4v) is 7.21. The Balaban J connectivity index is 1.59. The lowest BCUT2D eigenvalue weighted by molar-refractivity contribution is 0.396. The lowest BCUT2D eigenvalue weighted by Crippen LogP contribution is -2.25. The molecular formula is C39H62. The van der Waals surface area contributed by atoms with Gasteiger partial charge in [-0.1, -0.05) is 190 Å². The van der Waals surface area contributed by atoms with Gasteiger partial charge in [-0.15, -0.1) is 0 Å². The van der Waals surface area contributed by atoms with Crippen molar-refractivity contribution >= 4 is 0 Å². The van der Waals surface area contributed by atoms with Gasteiger partial charge in [0.15, 0.2) is 0 Å². The number of unbranched alkanes of at least 4 members (excludes halogenated alkanes) is 18. The molecule has 0 nitrogen and oxygen atoms in total. The molecule has 2 aromatic carbocycles. The average molecular weight is 531 g/mol. The summed E-state index contributed by atoms with van der Waals surface area (Å²) >= 11 is 0. The number of aryl methyl sites for hydroxylation is 2. The van der Waals surface area contributed by atoms with Crippen molar-refractivity contribution in [1.29, 1.82) is 0 Å². The second-order valence-electron chi connectivity index (χ2n) is 13.0. The molecule has 0 N–H and O–H groups in total. The van der Waals surface area contributed by atoms with Crippen LogP contribution in [0.3, 0.4) is 0 Å². The molecule has 0 amide bonds. The molecule has 0 radical (unpaired) electrons. The van der Waals surface area contributed by atoms with Crippen molar-refractivity contribution in [3.8, 4) is 11.1 Å². The third-order valence-corrected chi connectivity index (χ3v) is 9.59. The van der Waals surface area contributed by atoms with Gasteiger partial charge in [-0.2, -0.15) is 0 Å². The van der Waals surface area contributed by atoms with E-state index in [0.717, 1.165) is 0 Å². The number of hydrogen-bond donors (Lipinski definition) is 0. The van der Waals surface area contributed by atoms with Crippen LogP contribution in [0.4, 0.5) is 0 Å². The van der Waals surface area contributed by atoms with Gasteiger partial charge >= 0.3 is 0 Å². The summed E-state index contributed by atoms with van der Waals surface area (Å²) in [6.07, 6.45) is 31.0. The average Bonchev–Trinajstić information content (AvgIpc) is 3.19. The van der Waals surface area contributed by atoms with E-state index in [-0.39, 0.29) is 5.41 Å². The van der Waals surface area contributed by atoms with Crippen molar-refractivity contribution in [3.63, 3.8) is 0 Å². The molecule has 218 valence electrons. The maximum Gasteiger partial charge on any atom is 0.0215 e. The minimum absolute atomic E-state index is 0.225. The van der Waals surface area contributed by atoms with Gasteiger partial charge in [-0.25, -0.2) is 0 Å². The first-order valence-corrected chi connectivity index (χ1v) is 17.3. The van der Waals surface area contributed by atoms with Crippen LogP contribution in [0.15, 0.2) is 36.4 Å². The normalized spacial score (nSPS) is 13.5. The van der Waals surface area contributed by atoms with Crippen molar-refractivity contribution in [1.82, 2.24) is 0 Å². The largest absolute Gasteiger partial charge is 0.0654 e. The predicted molar refractivity (Wildman–Crippen MR) is 175 cm³/mol. The molecule has 0 bridgehead atoms. The lowest BCUT2D eigenvalue weighted by Gasteiger charge is -2.33. The fourth-order valence-electron chi connectivity index (χ4n) is 7.21. The Hall–Kier alpha value is -1.56. The SMILES string of the molecule is CCCCCCCCCCCCC1(CCCCCCCCCCCC)c2cc(C)ccc2-c2ccc(C)cc21. The third kappa shape index (κ3) is 9.79. The monoisotopic (exact) mass is 530 g/mol. The van der Waals surface area contributed by atoms with Crippen molar-refractivity contribution < 1.29 is 0 Å². The molecule has 0 aliphatic heterocycles. The molecule has 0 unspecified atom stereocenters. The Morgan fingerprint density at radius 1 is 0.410 bits per heavy atom. The molecule has 0 saturated heterocycles. The molecule has 3 rings (SSSR count). The van der Waals surface area contributed by atoms with Gasteiger partial charge in [-0.05, 0) is 48.9 Å². The summed E-state index contributed by atoms with van der Waals surface area (Å²) in [7, 11) is 0. The van der Waals surface area contributed by atoms with E-state index >= 15 is 0 Å². The number of benzene rings is 2. The Morgan fingerprint density at radius 3 is 1.05 bits per heavy atom. The standard InChI is InChI=1S/C39H62/c1-5-7-9-11-13-15-17-19-21-23-29-39(30-24-22-20-18-16-14-12-10-8-6-2)37-31-33(3)25-27-35(37)36-28-26-34(4)32-38(36)39/h25-28,31-32H,5-24,29-30H2,1-4H3. The Kier molecular flexibility index (Phi) is 14.7. The number of fused-ring (bicyclic) bond motifs is 3. The van der Waals surface area contributed by atoms with E-state index in [1.54, 1.807) is 11.1 Å². The second kappa shape index (κ2) is 18.0. The van der Waals surface area contributed by atoms with E-state index in [2.05, 4.69) is 64.1 Å². The Morgan fingerprint density at radius 2 is 0.718 bits per heavy atom. The summed E-state index contributed by atoms with van der Waals surface area (Å²) in [5.74, 6) is 0. The van der Waals surface area contributed by atoms with Crippen molar-refractivity contribution in [3.05, 3.63) is 58.7 Å². The highest BCUT2D eigenvalue weighted by Crippen LogP contribution is 2.54. The Labute approximate surface area is 243 Å². The molecule has 1 aliphatic rings. The smallest absolute Gasteiger partial charge is 0.0215 e. The summed E-state index contributed by atoms with van der Waals surface area (Å²) in [5.41, 5.74) is 9.42. The molecule has 2 aromatic rings. The Bertz CT molecular complexity index is 858. The zero-order chi connectivity index (χ0) is 27.8. The topological polar surface area (TPSA) is 0 Å². The van der Waals surface area contributed by atoms with Crippen LogP contribution in [0.2, 0.25) is 0 Å². The zero-order valence-electron chi connectivity index (χ0n) is 26.5. The van der Waals surface area contributed by atoms with Crippen LogP contribution >= 0.6 is 0 Å². The van der Waals surface area contributed by atoms with Crippen LogP contribution < -0.4 is 0 Å². The quantitative estimate of drug-likeness (QED) is 0.133. The maximum atomic E-state index is 2.55. The molecule has 0 heteroatoms. The van der Waals surface area contributed by atoms with E-state index in [4.69, 9.17) is 0 Å². The predicted octanol–water partition coefficient (Wildman–Crippen LogP) is 13.2. The lowest BCUT2D eigenvalue weighted by atomic mass is 9.70. The van der Waals surface area contributed by atoms with E-state index < -0.39 is 0 Å². The molecule has 0 saturated carbocycles. The number of rotatable bonds is 22. The van der Waals surface area contributed by atoms with Crippen molar-refractivity contribution in [2.45, 2.75) is 174 Å². The summed E-state index contributed by atoms with van der Waals surface area (Å²) in [5, 5.41) is 0. The van der Waals surface area contributed by atoms with E-state index in [0.29, 0.717) is 0 Å². The minimum atomic E-state index is 0.225. The first-order chi connectivity index (χ1) is 19.1. The molecule has 0 atom stereocenters. The van der Waals surface area contributed by atoms with Gasteiger partial charge in [0.1, 0.15) is 0 Å². The molecular weight excluding hydrogens is 468 g/mol. The van der Waals surface area contributed by atoms with Gasteiger partial charge in [-0.3, -0.25) is 0 Å². The molecule has 1 aliphatic carbocycles. The molecule has 0 aromatic heterocycles. The van der Waals surface area contributed by atoms with Gasteiger partial charge < -0.3 is 0 Å².